The maximum absolute atomic E-state index is 14.2. The normalized spacial score (nSPS) is 17.4. The number of esters is 3. The molecule has 18 heteroatoms. The fourth-order valence-corrected chi connectivity index (χ4v) is 7.96. The van der Waals surface area contributed by atoms with Crippen molar-refractivity contribution < 1.29 is 57.6 Å². The summed E-state index contributed by atoms with van der Waals surface area (Å²) in [6.45, 7) is 17.4. The Morgan fingerprint density at radius 3 is 2.06 bits per heavy atom. The van der Waals surface area contributed by atoms with Crippen LogP contribution >= 0.6 is 11.6 Å². The lowest BCUT2D eigenvalue weighted by atomic mass is 9.92. The number of aliphatic hydroxyl groups excluding tert-OH is 1. The number of carbonyl (C=O) groups is 7. The number of ether oxygens (including phenoxy) is 4. The third-order valence-electron chi connectivity index (χ3n) is 11.8. The van der Waals surface area contributed by atoms with Crippen LogP contribution in [-0.2, 0) is 60.7 Å². The number of likely N-dealkylation sites (N-methyl/N-ethyl adjacent to an activating group) is 1. The van der Waals surface area contributed by atoms with Crippen LogP contribution in [0.5, 0.6) is 0 Å². The molecule has 4 amide bonds. The van der Waals surface area contributed by atoms with Crippen LogP contribution in [0, 0.1) is 17.8 Å². The van der Waals surface area contributed by atoms with Gasteiger partial charge in [-0.1, -0.05) is 102 Å². The van der Waals surface area contributed by atoms with Crippen molar-refractivity contribution in [3.8, 4) is 0 Å². The summed E-state index contributed by atoms with van der Waals surface area (Å²) in [4.78, 5) is 99.0. The number of likely N-dealkylation sites (tertiary alicyclic amines) is 1. The number of benzene rings is 2. The molecule has 1 fully saturated rings. The SMILES string of the molecule is CC[C@H](C)C(NC(=O)[C@H](NC(=O)OC(C)(C)C)[C@@H](C)OC(=O)[C@H](Cc1ccc(Cl)cc1)N(C)C)[C@@H](O)CC(=O)O[C@H](C(=O)N[C@@H](CC(C)C)C(=O)N1CCC[C@H]1C(=O)OCc1ccccc1)C(C)C. The Labute approximate surface area is 413 Å². The second kappa shape index (κ2) is 27.2. The average molecular weight is 987 g/mol. The molecule has 0 spiro atoms. The highest BCUT2D eigenvalue weighted by atomic mass is 35.5. The standard InChI is InChI=1S/C51H76ClN5O12/c1-13-32(6)42(54-45(60)43(55-50(65)69-51(8,9)10)33(7)67-49(64)39(56(11)12)27-34-21-23-36(52)24-22-34)40(58)28-41(59)68-44(31(4)5)46(61)53-37(26-30(2)3)47(62)57-25-17-20-38(57)48(63)66-29-35-18-15-14-16-19-35/h14-16,18-19,21-24,30-33,37-40,42-44,58H,13,17,20,25-29H2,1-12H3,(H,53,61)(H,54,60)(H,55,65)/t32-,33+,37-,38-,39-,40-,42?,43+,44-/m0/s1. The van der Waals surface area contributed by atoms with Crippen LogP contribution in [-0.4, -0.2) is 131 Å². The van der Waals surface area contributed by atoms with Gasteiger partial charge in [-0.05, 0) is 108 Å². The van der Waals surface area contributed by atoms with E-state index in [1.807, 2.05) is 51.1 Å². The molecule has 69 heavy (non-hydrogen) atoms. The highest BCUT2D eigenvalue weighted by Gasteiger charge is 2.41. The Hall–Kier alpha value is -5.26. The summed E-state index contributed by atoms with van der Waals surface area (Å²) >= 11 is 6.06. The van der Waals surface area contributed by atoms with Crippen molar-refractivity contribution >= 4 is 53.3 Å². The zero-order valence-corrected chi connectivity index (χ0v) is 43.2. The summed E-state index contributed by atoms with van der Waals surface area (Å²) in [7, 11) is 3.41. The number of hydrogen-bond donors (Lipinski definition) is 4. The number of nitrogens with one attached hydrogen (secondary N) is 3. The van der Waals surface area contributed by atoms with E-state index in [0.29, 0.717) is 30.8 Å². The first kappa shape index (κ1) is 58.1. The van der Waals surface area contributed by atoms with Gasteiger partial charge < -0.3 is 44.9 Å². The minimum absolute atomic E-state index is 0.0442. The second-order valence-electron chi connectivity index (χ2n) is 19.9. The number of aliphatic hydroxyl groups is 1. The van der Waals surface area contributed by atoms with Crippen molar-refractivity contribution in [2.75, 3.05) is 20.6 Å². The number of carbonyl (C=O) groups excluding carboxylic acids is 7. The molecule has 17 nitrogen and oxygen atoms in total. The highest BCUT2D eigenvalue weighted by Crippen LogP contribution is 2.24. The molecule has 0 aromatic heterocycles. The van der Waals surface area contributed by atoms with Gasteiger partial charge in [-0.3, -0.25) is 28.9 Å². The van der Waals surface area contributed by atoms with Gasteiger partial charge in [-0.25, -0.2) is 9.59 Å². The van der Waals surface area contributed by atoms with Crippen LogP contribution in [0.2, 0.25) is 5.02 Å². The molecule has 0 saturated carbocycles. The van der Waals surface area contributed by atoms with Crippen LogP contribution in [0.4, 0.5) is 4.79 Å². The molecule has 2 aromatic rings. The van der Waals surface area contributed by atoms with E-state index in [1.165, 1.54) is 11.8 Å². The molecule has 4 N–H and O–H groups in total. The fourth-order valence-electron chi connectivity index (χ4n) is 7.83. The second-order valence-corrected chi connectivity index (χ2v) is 20.3. The monoisotopic (exact) mass is 986 g/mol. The fraction of sp³-hybridized carbons (Fsp3) is 0.627. The predicted octanol–water partition coefficient (Wildman–Crippen LogP) is 5.75. The topological polar surface area (TPSA) is 219 Å². The Balaban J connectivity index is 1.77. The third-order valence-corrected chi connectivity index (χ3v) is 12.0. The molecule has 3 rings (SSSR count). The Bertz CT molecular complexity index is 2010. The summed E-state index contributed by atoms with van der Waals surface area (Å²) < 4.78 is 22.6. The van der Waals surface area contributed by atoms with E-state index in [-0.39, 0.29) is 25.4 Å². The highest BCUT2D eigenvalue weighted by molar-refractivity contribution is 6.30. The van der Waals surface area contributed by atoms with Gasteiger partial charge >= 0.3 is 24.0 Å². The summed E-state index contributed by atoms with van der Waals surface area (Å²) in [5.41, 5.74) is 0.672. The van der Waals surface area contributed by atoms with E-state index >= 15 is 0 Å². The molecule has 2 aromatic carbocycles. The van der Waals surface area contributed by atoms with Crippen molar-refractivity contribution in [1.29, 1.82) is 0 Å². The van der Waals surface area contributed by atoms with Gasteiger partial charge in [0.05, 0.1) is 18.6 Å². The van der Waals surface area contributed by atoms with Crippen molar-refractivity contribution in [2.24, 2.45) is 17.8 Å². The quantitative estimate of drug-likeness (QED) is 0.0728. The lowest BCUT2D eigenvalue weighted by Crippen LogP contribution is -2.59. The lowest BCUT2D eigenvalue weighted by Gasteiger charge is -2.33. The molecule has 1 aliphatic rings. The maximum Gasteiger partial charge on any atom is 0.408 e. The van der Waals surface area contributed by atoms with Crippen LogP contribution in [0.15, 0.2) is 54.6 Å². The van der Waals surface area contributed by atoms with E-state index in [2.05, 4.69) is 16.0 Å². The van der Waals surface area contributed by atoms with Gasteiger partial charge in [0.25, 0.3) is 5.91 Å². The van der Waals surface area contributed by atoms with E-state index in [4.69, 9.17) is 30.5 Å². The third kappa shape index (κ3) is 18.9. The molecule has 0 radical (unpaired) electrons. The van der Waals surface area contributed by atoms with Crippen LogP contribution in [0.1, 0.15) is 112 Å². The molecule has 1 heterocycles. The molecule has 384 valence electrons. The molecule has 0 bridgehead atoms. The molecular formula is C51H76ClN5O12. The Morgan fingerprint density at radius 1 is 0.855 bits per heavy atom. The van der Waals surface area contributed by atoms with Crippen LogP contribution in [0.3, 0.4) is 0 Å². The lowest BCUT2D eigenvalue weighted by molar-refractivity contribution is -0.162. The zero-order chi connectivity index (χ0) is 51.7. The summed E-state index contributed by atoms with van der Waals surface area (Å²) in [6.07, 6.45) is -3.87. The number of rotatable bonds is 24. The van der Waals surface area contributed by atoms with E-state index in [9.17, 15) is 38.7 Å². The number of hydrogen-bond acceptors (Lipinski definition) is 13. The maximum atomic E-state index is 14.2. The minimum Gasteiger partial charge on any atom is -0.459 e. The molecule has 1 unspecified atom stereocenters. The zero-order valence-electron chi connectivity index (χ0n) is 42.4. The van der Waals surface area contributed by atoms with Crippen molar-refractivity contribution in [2.45, 2.75) is 168 Å². The number of alkyl carbamates (subject to hydrolysis) is 1. The van der Waals surface area contributed by atoms with Gasteiger partial charge in [0.1, 0.15) is 42.5 Å². The molecule has 1 saturated heterocycles. The van der Waals surface area contributed by atoms with Crippen molar-refractivity contribution in [1.82, 2.24) is 25.8 Å². The number of nitrogens with zero attached hydrogens (tertiary/aromatic N) is 2. The summed E-state index contributed by atoms with van der Waals surface area (Å²) in [5, 5.41) is 20.2. The number of amides is 4. The van der Waals surface area contributed by atoms with Gasteiger partial charge in [0, 0.05) is 11.6 Å². The van der Waals surface area contributed by atoms with Gasteiger partial charge in [-0.15, -0.1) is 0 Å². The van der Waals surface area contributed by atoms with E-state index in [1.54, 1.807) is 84.8 Å². The van der Waals surface area contributed by atoms with Crippen LogP contribution in [0.25, 0.3) is 0 Å². The van der Waals surface area contributed by atoms with Gasteiger partial charge in [0.15, 0.2) is 6.10 Å². The first-order valence-electron chi connectivity index (χ1n) is 23.9. The van der Waals surface area contributed by atoms with Gasteiger partial charge in [-0.2, -0.15) is 0 Å². The van der Waals surface area contributed by atoms with Gasteiger partial charge in [0.2, 0.25) is 11.8 Å². The first-order chi connectivity index (χ1) is 32.3. The average Bonchev–Trinajstić information content (AvgIpc) is 3.77. The summed E-state index contributed by atoms with van der Waals surface area (Å²) in [5.74, 6) is -5.22. The smallest absolute Gasteiger partial charge is 0.408 e. The Kier molecular flexibility index (Phi) is 22.9. The molecule has 9 atom stereocenters. The minimum atomic E-state index is -1.55. The molecule has 0 aliphatic carbocycles. The van der Waals surface area contributed by atoms with Crippen molar-refractivity contribution in [3.05, 3.63) is 70.7 Å². The Morgan fingerprint density at radius 2 is 1.49 bits per heavy atom. The van der Waals surface area contributed by atoms with Crippen LogP contribution < -0.4 is 16.0 Å². The molecular weight excluding hydrogens is 910 g/mol. The van der Waals surface area contributed by atoms with E-state index in [0.717, 1.165) is 11.1 Å². The molecule has 1 aliphatic heterocycles. The first-order valence-corrected chi connectivity index (χ1v) is 24.3. The summed E-state index contributed by atoms with van der Waals surface area (Å²) in [6, 6.07) is 10.9. The largest absolute Gasteiger partial charge is 0.459 e. The van der Waals surface area contributed by atoms with E-state index < -0.39 is 114 Å². The predicted molar refractivity (Wildman–Crippen MR) is 260 cm³/mol. The van der Waals surface area contributed by atoms with Crippen molar-refractivity contribution in [3.63, 3.8) is 0 Å². The number of halogens is 1.